The Morgan fingerprint density at radius 1 is 1.29 bits per heavy atom. The molecule has 0 amide bonds. The predicted molar refractivity (Wildman–Crippen MR) is 73.4 cm³/mol. The van der Waals surface area contributed by atoms with Crippen LogP contribution >= 0.6 is 11.8 Å². The quantitative estimate of drug-likeness (QED) is 0.890. The van der Waals surface area contributed by atoms with Gasteiger partial charge in [-0.15, -0.1) is 0 Å². The summed E-state index contributed by atoms with van der Waals surface area (Å²) in [4.78, 5) is 4.54. The lowest BCUT2D eigenvalue weighted by Crippen LogP contribution is -2.28. The van der Waals surface area contributed by atoms with Crippen molar-refractivity contribution in [1.82, 2.24) is 10.3 Å². The average molecular weight is 248 g/mol. The lowest BCUT2D eigenvalue weighted by Gasteiger charge is -2.23. The van der Waals surface area contributed by atoms with E-state index >= 15 is 0 Å². The number of thioether (sulfide) groups is 1. The summed E-state index contributed by atoms with van der Waals surface area (Å²) in [5, 5.41) is 3.74. The summed E-state index contributed by atoms with van der Waals surface area (Å²) < 4.78 is 0. The molecule has 1 aliphatic heterocycles. The fourth-order valence-electron chi connectivity index (χ4n) is 2.87. The first-order valence-electron chi connectivity index (χ1n) is 6.68. The van der Waals surface area contributed by atoms with Crippen LogP contribution in [0.2, 0.25) is 0 Å². The van der Waals surface area contributed by atoms with E-state index in [0.717, 1.165) is 5.92 Å². The number of rotatable bonds is 3. The number of hydrogen-bond acceptors (Lipinski definition) is 3. The van der Waals surface area contributed by atoms with Gasteiger partial charge in [-0.25, -0.2) is 0 Å². The molecular weight excluding hydrogens is 228 g/mol. The van der Waals surface area contributed by atoms with Gasteiger partial charge >= 0.3 is 0 Å². The fraction of sp³-hybridized carbons (Fsp3) is 0.643. The minimum Gasteiger partial charge on any atom is -0.308 e. The van der Waals surface area contributed by atoms with Gasteiger partial charge in [0, 0.05) is 6.20 Å². The van der Waals surface area contributed by atoms with Crippen LogP contribution in [0.25, 0.3) is 0 Å². The summed E-state index contributed by atoms with van der Waals surface area (Å²) in [5.74, 6) is 3.60. The van der Waals surface area contributed by atoms with Crippen molar-refractivity contribution in [3.63, 3.8) is 0 Å². The van der Waals surface area contributed by atoms with Gasteiger partial charge in [-0.2, -0.15) is 11.8 Å². The molecule has 0 aromatic carbocycles. The van der Waals surface area contributed by atoms with Crippen molar-refractivity contribution >= 4 is 11.8 Å². The largest absolute Gasteiger partial charge is 0.308 e. The molecule has 92 valence electrons. The first-order chi connectivity index (χ1) is 8.43. The average Bonchev–Trinajstić information content (AvgIpc) is 2.81. The molecule has 1 saturated heterocycles. The molecule has 0 spiro atoms. The van der Waals surface area contributed by atoms with Gasteiger partial charge in [0.25, 0.3) is 0 Å². The Labute approximate surface area is 108 Å². The molecule has 1 unspecified atom stereocenters. The molecular formula is C14H20N2S. The molecule has 3 heteroatoms. The highest BCUT2D eigenvalue weighted by atomic mass is 32.2. The zero-order valence-corrected chi connectivity index (χ0v) is 11.0. The molecule has 1 aromatic rings. The number of pyridine rings is 1. The molecule has 17 heavy (non-hydrogen) atoms. The standard InChI is InChI=1S/C14H20N2S/c1-2-12-3-4-13(14(12)15-7-1)16-10-11-5-8-17-9-6-11/h1-2,7,11,13,16H,3-6,8-10H2. The molecule has 1 aromatic heterocycles. The van der Waals surface area contributed by atoms with Crippen LogP contribution in [0.15, 0.2) is 18.3 Å². The Bertz CT molecular complexity index is 374. The Morgan fingerprint density at radius 3 is 3.06 bits per heavy atom. The topological polar surface area (TPSA) is 24.9 Å². The van der Waals surface area contributed by atoms with Crippen molar-refractivity contribution in [3.05, 3.63) is 29.6 Å². The molecule has 1 aliphatic carbocycles. The van der Waals surface area contributed by atoms with Gasteiger partial charge in [0.15, 0.2) is 0 Å². The molecule has 0 bridgehead atoms. The van der Waals surface area contributed by atoms with E-state index in [4.69, 9.17) is 0 Å². The maximum atomic E-state index is 4.54. The van der Waals surface area contributed by atoms with Crippen molar-refractivity contribution in [2.24, 2.45) is 5.92 Å². The summed E-state index contributed by atoms with van der Waals surface area (Å²) in [5.41, 5.74) is 2.75. The van der Waals surface area contributed by atoms with Crippen molar-refractivity contribution in [3.8, 4) is 0 Å². The monoisotopic (exact) mass is 248 g/mol. The molecule has 1 N–H and O–H groups in total. The SMILES string of the molecule is c1cnc2c(c1)CCC2NCC1CCSCC1. The molecule has 2 nitrogen and oxygen atoms in total. The van der Waals surface area contributed by atoms with Crippen LogP contribution in [0.3, 0.4) is 0 Å². The van der Waals surface area contributed by atoms with E-state index in [1.165, 1.54) is 55.0 Å². The Morgan fingerprint density at radius 2 is 2.18 bits per heavy atom. The van der Waals surface area contributed by atoms with E-state index in [-0.39, 0.29) is 0 Å². The van der Waals surface area contributed by atoms with Crippen molar-refractivity contribution in [2.75, 3.05) is 18.1 Å². The number of fused-ring (bicyclic) bond motifs is 1. The highest BCUT2D eigenvalue weighted by molar-refractivity contribution is 7.99. The lowest BCUT2D eigenvalue weighted by atomic mass is 10.0. The second-order valence-electron chi connectivity index (χ2n) is 5.10. The Balaban J connectivity index is 1.56. The number of aromatic nitrogens is 1. The Kier molecular flexibility index (Phi) is 3.67. The highest BCUT2D eigenvalue weighted by Gasteiger charge is 2.24. The highest BCUT2D eigenvalue weighted by Crippen LogP contribution is 2.29. The van der Waals surface area contributed by atoms with E-state index in [1.807, 2.05) is 6.20 Å². The van der Waals surface area contributed by atoms with Crippen LogP contribution in [0.4, 0.5) is 0 Å². The van der Waals surface area contributed by atoms with E-state index in [2.05, 4.69) is 34.2 Å². The van der Waals surface area contributed by atoms with E-state index < -0.39 is 0 Å². The van der Waals surface area contributed by atoms with Crippen LogP contribution in [0.5, 0.6) is 0 Å². The van der Waals surface area contributed by atoms with Gasteiger partial charge in [0.1, 0.15) is 0 Å². The normalized spacial score (nSPS) is 24.8. The van der Waals surface area contributed by atoms with Crippen LogP contribution in [-0.4, -0.2) is 23.0 Å². The molecule has 0 radical (unpaired) electrons. The predicted octanol–water partition coefficient (Wildman–Crippen LogP) is 2.80. The molecule has 1 fully saturated rings. The summed E-state index contributed by atoms with van der Waals surface area (Å²) in [7, 11) is 0. The molecule has 2 aliphatic rings. The van der Waals surface area contributed by atoms with Gasteiger partial charge in [0.2, 0.25) is 0 Å². The number of aryl methyl sites for hydroxylation is 1. The van der Waals surface area contributed by atoms with E-state index in [1.54, 1.807) is 0 Å². The van der Waals surface area contributed by atoms with Crippen molar-refractivity contribution in [1.29, 1.82) is 0 Å². The van der Waals surface area contributed by atoms with E-state index in [0.29, 0.717) is 6.04 Å². The number of nitrogens with zero attached hydrogens (tertiary/aromatic N) is 1. The summed E-state index contributed by atoms with van der Waals surface area (Å²) in [6, 6.07) is 4.79. The maximum absolute atomic E-state index is 4.54. The van der Waals surface area contributed by atoms with Gasteiger partial charge < -0.3 is 5.32 Å². The molecule has 0 saturated carbocycles. The summed E-state index contributed by atoms with van der Waals surface area (Å²) in [6.45, 7) is 1.18. The zero-order valence-electron chi connectivity index (χ0n) is 10.2. The summed E-state index contributed by atoms with van der Waals surface area (Å²) in [6.07, 6.45) is 7.13. The smallest absolute Gasteiger partial charge is 0.0605 e. The lowest BCUT2D eigenvalue weighted by molar-refractivity contribution is 0.406. The van der Waals surface area contributed by atoms with Gasteiger partial charge in [-0.3, -0.25) is 4.98 Å². The summed E-state index contributed by atoms with van der Waals surface area (Å²) >= 11 is 2.11. The van der Waals surface area contributed by atoms with Gasteiger partial charge in [0.05, 0.1) is 11.7 Å². The van der Waals surface area contributed by atoms with Gasteiger partial charge in [-0.1, -0.05) is 6.07 Å². The van der Waals surface area contributed by atoms with Crippen LogP contribution < -0.4 is 5.32 Å². The zero-order chi connectivity index (χ0) is 11.5. The van der Waals surface area contributed by atoms with Crippen molar-refractivity contribution < 1.29 is 0 Å². The third-order valence-corrected chi connectivity index (χ3v) is 5.00. The minimum atomic E-state index is 0.515. The van der Waals surface area contributed by atoms with Crippen LogP contribution in [-0.2, 0) is 6.42 Å². The van der Waals surface area contributed by atoms with Crippen LogP contribution in [0.1, 0.15) is 36.6 Å². The minimum absolute atomic E-state index is 0.515. The second kappa shape index (κ2) is 5.40. The first kappa shape index (κ1) is 11.5. The van der Waals surface area contributed by atoms with E-state index in [9.17, 15) is 0 Å². The molecule has 3 rings (SSSR count). The number of nitrogens with one attached hydrogen (secondary N) is 1. The van der Waals surface area contributed by atoms with Crippen LogP contribution in [0, 0.1) is 5.92 Å². The third kappa shape index (κ3) is 2.66. The van der Waals surface area contributed by atoms with Gasteiger partial charge in [-0.05, 0) is 61.3 Å². The van der Waals surface area contributed by atoms with Crippen molar-refractivity contribution in [2.45, 2.75) is 31.7 Å². The number of hydrogen-bond donors (Lipinski definition) is 1. The molecule has 2 heterocycles. The maximum Gasteiger partial charge on any atom is 0.0605 e. The fourth-order valence-corrected chi connectivity index (χ4v) is 4.07. The third-order valence-electron chi connectivity index (χ3n) is 3.95. The first-order valence-corrected chi connectivity index (χ1v) is 7.84. The second-order valence-corrected chi connectivity index (χ2v) is 6.33. The Hall–Kier alpha value is -0.540. The molecule has 1 atom stereocenters.